The molecule has 0 saturated carbocycles. The second kappa shape index (κ2) is 2.59. The molecule has 3 heteroatoms. The Bertz CT molecular complexity index is 279. The maximum Gasteiger partial charge on any atom is 0.139 e. The number of phenolic OH excluding ortho intramolecular Hbond substituents is 2. The van der Waals surface area contributed by atoms with E-state index in [1.165, 1.54) is 12.1 Å². The summed E-state index contributed by atoms with van der Waals surface area (Å²) >= 11 is 0. The largest absolute Gasteiger partial charge is 0.508 e. The third-order valence-electron chi connectivity index (χ3n) is 2.17. The molecule has 0 fully saturated rings. The quantitative estimate of drug-likeness (QED) is 0.403. The smallest absolute Gasteiger partial charge is 0.139 e. The van der Waals surface area contributed by atoms with Crippen molar-refractivity contribution < 1.29 is 10.2 Å². The molecule has 3 N–H and O–H groups in total. The SMILES string of the molecule is Oc1ccc(O)c2c1CCCN2. The van der Waals surface area contributed by atoms with Crippen molar-refractivity contribution in [2.45, 2.75) is 12.8 Å². The molecular weight excluding hydrogens is 154 g/mol. The molecule has 3 nitrogen and oxygen atoms in total. The highest BCUT2D eigenvalue weighted by molar-refractivity contribution is 5.66. The van der Waals surface area contributed by atoms with Gasteiger partial charge in [-0.05, 0) is 25.0 Å². The molecule has 1 heterocycles. The van der Waals surface area contributed by atoms with E-state index < -0.39 is 0 Å². The molecule has 12 heavy (non-hydrogen) atoms. The number of hydrogen-bond acceptors (Lipinski definition) is 3. The van der Waals surface area contributed by atoms with Crippen molar-refractivity contribution in [2.75, 3.05) is 11.9 Å². The molecule has 1 aromatic rings. The van der Waals surface area contributed by atoms with Gasteiger partial charge in [0.2, 0.25) is 0 Å². The number of aromatic hydroxyl groups is 2. The average molecular weight is 165 g/mol. The Balaban J connectivity index is 2.57. The normalized spacial score (nSPS) is 15.0. The van der Waals surface area contributed by atoms with Gasteiger partial charge in [-0.25, -0.2) is 0 Å². The molecular formula is C9H11NO2. The first-order valence-electron chi connectivity index (χ1n) is 4.07. The highest BCUT2D eigenvalue weighted by Gasteiger charge is 2.15. The van der Waals surface area contributed by atoms with Crippen LogP contribution in [0.5, 0.6) is 11.5 Å². The van der Waals surface area contributed by atoms with Crippen molar-refractivity contribution in [1.29, 1.82) is 0 Å². The zero-order valence-electron chi connectivity index (χ0n) is 6.67. The third-order valence-corrected chi connectivity index (χ3v) is 2.17. The molecule has 1 aliphatic rings. The van der Waals surface area contributed by atoms with Crippen LogP contribution in [0.15, 0.2) is 12.1 Å². The summed E-state index contributed by atoms with van der Waals surface area (Å²) < 4.78 is 0. The lowest BCUT2D eigenvalue weighted by Crippen LogP contribution is -2.11. The molecule has 2 rings (SSSR count). The second-order valence-electron chi connectivity index (χ2n) is 2.99. The van der Waals surface area contributed by atoms with Gasteiger partial charge in [0, 0.05) is 12.1 Å². The standard InChI is InChI=1S/C9H11NO2/c11-7-3-4-8(12)9-6(7)2-1-5-10-9/h3-4,10-12H,1-2,5H2. The van der Waals surface area contributed by atoms with Crippen LogP contribution in [0.2, 0.25) is 0 Å². The first-order chi connectivity index (χ1) is 5.79. The number of rotatable bonds is 0. The predicted octanol–water partition coefficient (Wildman–Crippen LogP) is 1.46. The van der Waals surface area contributed by atoms with Crippen molar-refractivity contribution in [2.24, 2.45) is 0 Å². The first kappa shape index (κ1) is 7.28. The Hall–Kier alpha value is -1.38. The molecule has 64 valence electrons. The van der Waals surface area contributed by atoms with E-state index in [0.717, 1.165) is 24.9 Å². The summed E-state index contributed by atoms with van der Waals surface area (Å²) in [5.74, 6) is 0.498. The van der Waals surface area contributed by atoms with Crippen molar-refractivity contribution in [3.05, 3.63) is 17.7 Å². The summed E-state index contributed by atoms with van der Waals surface area (Å²) in [6.07, 6.45) is 1.84. The Morgan fingerprint density at radius 1 is 1.17 bits per heavy atom. The minimum atomic E-state index is 0.225. The van der Waals surface area contributed by atoms with E-state index in [9.17, 15) is 10.2 Å². The predicted molar refractivity (Wildman–Crippen MR) is 46.6 cm³/mol. The van der Waals surface area contributed by atoms with E-state index in [-0.39, 0.29) is 11.5 Å². The zero-order chi connectivity index (χ0) is 8.55. The van der Waals surface area contributed by atoms with Gasteiger partial charge in [0.05, 0.1) is 5.69 Å². The fourth-order valence-electron chi connectivity index (χ4n) is 1.55. The molecule has 0 aromatic heterocycles. The van der Waals surface area contributed by atoms with Crippen molar-refractivity contribution in [3.63, 3.8) is 0 Å². The Morgan fingerprint density at radius 2 is 1.92 bits per heavy atom. The Morgan fingerprint density at radius 3 is 2.67 bits per heavy atom. The van der Waals surface area contributed by atoms with E-state index in [1.54, 1.807) is 0 Å². The van der Waals surface area contributed by atoms with Gasteiger partial charge in [0.15, 0.2) is 0 Å². The molecule has 1 aliphatic heterocycles. The number of benzene rings is 1. The van der Waals surface area contributed by atoms with Gasteiger partial charge in [-0.15, -0.1) is 0 Å². The van der Waals surface area contributed by atoms with Crippen molar-refractivity contribution >= 4 is 5.69 Å². The summed E-state index contributed by atoms with van der Waals surface area (Å²) in [5, 5.41) is 21.9. The van der Waals surface area contributed by atoms with Gasteiger partial charge in [-0.2, -0.15) is 0 Å². The number of nitrogens with one attached hydrogen (secondary N) is 1. The van der Waals surface area contributed by atoms with E-state index in [2.05, 4.69) is 5.32 Å². The Labute approximate surface area is 70.7 Å². The van der Waals surface area contributed by atoms with Gasteiger partial charge < -0.3 is 15.5 Å². The highest BCUT2D eigenvalue weighted by Crippen LogP contribution is 2.36. The van der Waals surface area contributed by atoms with Crippen molar-refractivity contribution in [1.82, 2.24) is 0 Å². The summed E-state index contributed by atoms with van der Waals surface area (Å²) in [6, 6.07) is 3.04. The Kier molecular flexibility index (Phi) is 1.57. The van der Waals surface area contributed by atoms with Crippen LogP contribution in [0.1, 0.15) is 12.0 Å². The lowest BCUT2D eigenvalue weighted by atomic mass is 10.0. The molecule has 0 bridgehead atoms. The summed E-state index contributed by atoms with van der Waals surface area (Å²) in [6.45, 7) is 0.865. The molecule has 0 amide bonds. The monoisotopic (exact) mass is 165 g/mol. The second-order valence-corrected chi connectivity index (χ2v) is 2.99. The van der Waals surface area contributed by atoms with Gasteiger partial charge in [0.25, 0.3) is 0 Å². The molecule has 0 saturated heterocycles. The van der Waals surface area contributed by atoms with E-state index in [4.69, 9.17) is 0 Å². The maximum absolute atomic E-state index is 9.43. The summed E-state index contributed by atoms with van der Waals surface area (Å²) in [7, 11) is 0. The van der Waals surface area contributed by atoms with E-state index in [0.29, 0.717) is 5.69 Å². The highest BCUT2D eigenvalue weighted by atomic mass is 16.3. The molecule has 0 spiro atoms. The lowest BCUT2D eigenvalue weighted by Gasteiger charge is -2.19. The summed E-state index contributed by atoms with van der Waals surface area (Å²) in [4.78, 5) is 0. The van der Waals surface area contributed by atoms with Gasteiger partial charge in [-0.3, -0.25) is 0 Å². The van der Waals surface area contributed by atoms with E-state index >= 15 is 0 Å². The van der Waals surface area contributed by atoms with Crippen LogP contribution in [0.25, 0.3) is 0 Å². The maximum atomic E-state index is 9.43. The van der Waals surface area contributed by atoms with Gasteiger partial charge in [-0.1, -0.05) is 0 Å². The minimum Gasteiger partial charge on any atom is -0.508 e. The topological polar surface area (TPSA) is 52.5 Å². The van der Waals surface area contributed by atoms with Crippen LogP contribution in [-0.4, -0.2) is 16.8 Å². The third kappa shape index (κ3) is 0.978. The van der Waals surface area contributed by atoms with Crippen LogP contribution < -0.4 is 5.32 Å². The van der Waals surface area contributed by atoms with Crippen LogP contribution in [-0.2, 0) is 6.42 Å². The fraction of sp³-hybridized carbons (Fsp3) is 0.333. The molecule has 1 aromatic carbocycles. The number of phenols is 2. The van der Waals surface area contributed by atoms with Crippen LogP contribution >= 0.6 is 0 Å². The van der Waals surface area contributed by atoms with Crippen LogP contribution in [0, 0.1) is 0 Å². The lowest BCUT2D eigenvalue weighted by molar-refractivity contribution is 0.453. The molecule has 0 radical (unpaired) electrons. The van der Waals surface area contributed by atoms with E-state index in [1.807, 2.05) is 0 Å². The fourth-order valence-corrected chi connectivity index (χ4v) is 1.55. The average Bonchev–Trinajstić information content (AvgIpc) is 2.12. The van der Waals surface area contributed by atoms with Gasteiger partial charge >= 0.3 is 0 Å². The number of fused-ring (bicyclic) bond motifs is 1. The zero-order valence-corrected chi connectivity index (χ0v) is 6.67. The minimum absolute atomic E-state index is 0.225. The number of hydrogen-bond donors (Lipinski definition) is 3. The number of anilines is 1. The molecule has 0 aliphatic carbocycles. The van der Waals surface area contributed by atoms with Crippen molar-refractivity contribution in [3.8, 4) is 11.5 Å². The molecule has 0 unspecified atom stereocenters. The summed E-state index contributed by atoms with van der Waals surface area (Å²) in [5.41, 5.74) is 1.53. The molecule has 0 atom stereocenters. The first-order valence-corrected chi connectivity index (χ1v) is 4.07. The van der Waals surface area contributed by atoms with Gasteiger partial charge in [0.1, 0.15) is 11.5 Å². The van der Waals surface area contributed by atoms with Crippen LogP contribution in [0.3, 0.4) is 0 Å². The van der Waals surface area contributed by atoms with Crippen LogP contribution in [0.4, 0.5) is 5.69 Å².